The van der Waals surface area contributed by atoms with Gasteiger partial charge in [0.25, 0.3) is 5.91 Å². The predicted molar refractivity (Wildman–Crippen MR) is 111 cm³/mol. The van der Waals surface area contributed by atoms with Crippen LogP contribution in [0.25, 0.3) is 16.7 Å². The van der Waals surface area contributed by atoms with Crippen LogP contribution < -0.4 is 5.43 Å². The molecule has 0 aliphatic rings. The lowest BCUT2D eigenvalue weighted by Gasteiger charge is -2.07. The second-order valence-electron chi connectivity index (χ2n) is 6.83. The number of pyridine rings is 1. The van der Waals surface area contributed by atoms with E-state index >= 15 is 0 Å². The molecule has 3 aromatic heterocycles. The van der Waals surface area contributed by atoms with Gasteiger partial charge in [0.2, 0.25) is 0 Å². The molecule has 29 heavy (non-hydrogen) atoms. The van der Waals surface area contributed by atoms with E-state index in [1.165, 1.54) is 0 Å². The van der Waals surface area contributed by atoms with Crippen LogP contribution in [0, 0.1) is 13.8 Å². The van der Waals surface area contributed by atoms with Crippen LogP contribution in [-0.4, -0.2) is 36.2 Å². The molecule has 146 valence electrons. The summed E-state index contributed by atoms with van der Waals surface area (Å²) in [5.41, 5.74) is 6.90. The zero-order chi connectivity index (χ0) is 20.4. The van der Waals surface area contributed by atoms with Crippen molar-refractivity contribution < 1.29 is 4.79 Å². The third kappa shape index (κ3) is 3.77. The smallest absolute Gasteiger partial charge is 0.267 e. The van der Waals surface area contributed by atoms with E-state index in [1.54, 1.807) is 21.6 Å². The Hall–Kier alpha value is -3.81. The first-order valence-corrected chi connectivity index (χ1v) is 9.26. The Labute approximate surface area is 167 Å². The number of nitrogens with zero attached hydrogens (tertiary/aromatic N) is 6. The minimum Gasteiger partial charge on any atom is -0.267 e. The summed E-state index contributed by atoms with van der Waals surface area (Å²) in [4.78, 5) is 17.5. The van der Waals surface area contributed by atoms with E-state index in [9.17, 15) is 4.79 Å². The SMILES string of the molecule is C/C(Cn1cccn1)=N/NC(=O)c1cc(C)nc2c1c(C)nn2-c1ccccc1. The van der Waals surface area contributed by atoms with E-state index in [2.05, 4.69) is 25.7 Å². The second-order valence-corrected chi connectivity index (χ2v) is 6.83. The van der Waals surface area contributed by atoms with Crippen LogP contribution in [0.2, 0.25) is 0 Å². The highest BCUT2D eigenvalue weighted by Gasteiger charge is 2.19. The number of para-hydroxylation sites is 1. The Morgan fingerprint density at radius 2 is 1.97 bits per heavy atom. The largest absolute Gasteiger partial charge is 0.272 e. The van der Waals surface area contributed by atoms with Gasteiger partial charge in [0, 0.05) is 18.1 Å². The first kappa shape index (κ1) is 18.5. The normalized spacial score (nSPS) is 11.8. The molecule has 0 atom stereocenters. The number of hydrogen-bond donors (Lipinski definition) is 1. The average Bonchev–Trinajstić information content (AvgIpc) is 3.34. The molecule has 0 fully saturated rings. The van der Waals surface area contributed by atoms with Crippen LogP contribution in [0.15, 0.2) is 60.0 Å². The quantitative estimate of drug-likeness (QED) is 0.421. The molecule has 0 saturated carbocycles. The van der Waals surface area contributed by atoms with Crippen LogP contribution in [0.5, 0.6) is 0 Å². The molecule has 0 spiro atoms. The highest BCUT2D eigenvalue weighted by Crippen LogP contribution is 2.24. The van der Waals surface area contributed by atoms with Gasteiger partial charge in [-0.3, -0.25) is 9.48 Å². The summed E-state index contributed by atoms with van der Waals surface area (Å²) in [6, 6.07) is 13.4. The molecule has 0 radical (unpaired) electrons. The van der Waals surface area contributed by atoms with Crippen molar-refractivity contribution in [1.29, 1.82) is 0 Å². The number of amides is 1. The highest BCUT2D eigenvalue weighted by atomic mass is 16.2. The number of aryl methyl sites for hydroxylation is 2. The van der Waals surface area contributed by atoms with Crippen LogP contribution in [0.1, 0.15) is 28.7 Å². The molecule has 0 bridgehead atoms. The minimum atomic E-state index is -0.295. The van der Waals surface area contributed by atoms with Crippen LogP contribution in [0.3, 0.4) is 0 Å². The van der Waals surface area contributed by atoms with Crippen LogP contribution >= 0.6 is 0 Å². The first-order valence-electron chi connectivity index (χ1n) is 9.26. The van der Waals surface area contributed by atoms with Crippen molar-refractivity contribution >= 4 is 22.7 Å². The maximum absolute atomic E-state index is 12.9. The summed E-state index contributed by atoms with van der Waals surface area (Å²) in [6.45, 7) is 6.08. The molecule has 1 N–H and O–H groups in total. The highest BCUT2D eigenvalue weighted by molar-refractivity contribution is 6.07. The lowest BCUT2D eigenvalue weighted by atomic mass is 10.1. The van der Waals surface area contributed by atoms with E-state index in [0.717, 1.165) is 28.2 Å². The summed E-state index contributed by atoms with van der Waals surface area (Å²) in [5.74, 6) is -0.295. The zero-order valence-electron chi connectivity index (χ0n) is 16.5. The maximum Gasteiger partial charge on any atom is 0.272 e. The molecule has 0 unspecified atom stereocenters. The van der Waals surface area contributed by atoms with Crippen molar-refractivity contribution in [2.45, 2.75) is 27.3 Å². The number of carbonyl (C=O) groups is 1. The van der Waals surface area contributed by atoms with Gasteiger partial charge < -0.3 is 0 Å². The van der Waals surface area contributed by atoms with E-state index in [0.29, 0.717) is 17.8 Å². The Morgan fingerprint density at radius 3 is 2.69 bits per heavy atom. The van der Waals surface area contributed by atoms with Gasteiger partial charge in [0.1, 0.15) is 0 Å². The number of aromatic nitrogens is 5. The number of carbonyl (C=O) groups excluding carboxylic acids is 1. The van der Waals surface area contributed by atoms with Crippen LogP contribution in [-0.2, 0) is 6.54 Å². The number of hydrogen-bond acceptors (Lipinski definition) is 5. The average molecular weight is 387 g/mol. The van der Waals surface area contributed by atoms with Crippen molar-refractivity contribution in [3.8, 4) is 5.69 Å². The van der Waals surface area contributed by atoms with Gasteiger partial charge in [-0.1, -0.05) is 18.2 Å². The Bertz CT molecular complexity index is 1190. The van der Waals surface area contributed by atoms with Gasteiger partial charge in [0.15, 0.2) is 5.65 Å². The van der Waals surface area contributed by atoms with Gasteiger partial charge >= 0.3 is 0 Å². The molecular weight excluding hydrogens is 366 g/mol. The fourth-order valence-electron chi connectivity index (χ4n) is 3.21. The van der Waals surface area contributed by atoms with Gasteiger partial charge in [-0.15, -0.1) is 0 Å². The molecule has 3 heterocycles. The Kier molecular flexibility index (Phi) is 4.90. The third-order valence-electron chi connectivity index (χ3n) is 4.48. The lowest BCUT2D eigenvalue weighted by Crippen LogP contribution is -2.21. The monoisotopic (exact) mass is 387 g/mol. The van der Waals surface area contributed by atoms with E-state index < -0.39 is 0 Å². The summed E-state index contributed by atoms with van der Waals surface area (Å²) in [7, 11) is 0. The molecule has 1 aromatic carbocycles. The zero-order valence-corrected chi connectivity index (χ0v) is 16.5. The van der Waals surface area contributed by atoms with E-state index in [4.69, 9.17) is 0 Å². The van der Waals surface area contributed by atoms with E-state index in [1.807, 2.05) is 63.4 Å². The van der Waals surface area contributed by atoms with Crippen molar-refractivity contribution in [2.24, 2.45) is 5.10 Å². The molecule has 8 nitrogen and oxygen atoms in total. The summed E-state index contributed by atoms with van der Waals surface area (Å²) < 4.78 is 3.51. The first-order chi connectivity index (χ1) is 14.0. The standard InChI is InChI=1S/C21H21N7O/c1-14-12-18(21(29)25-24-15(2)13-27-11-7-10-22-27)19-16(3)26-28(20(19)23-14)17-8-5-4-6-9-17/h4-12H,13H2,1-3H3,(H,25,29)/b24-15-. The molecule has 8 heteroatoms. The van der Waals surface area contributed by atoms with Crippen molar-refractivity contribution in [3.63, 3.8) is 0 Å². The van der Waals surface area contributed by atoms with Crippen molar-refractivity contribution in [2.75, 3.05) is 0 Å². The number of hydrazone groups is 1. The lowest BCUT2D eigenvalue weighted by molar-refractivity contribution is 0.0956. The molecule has 1 amide bonds. The van der Waals surface area contributed by atoms with Crippen molar-refractivity contribution in [3.05, 3.63) is 71.8 Å². The molecule has 0 aliphatic carbocycles. The molecule has 4 aromatic rings. The topological polar surface area (TPSA) is 90.0 Å². The number of rotatable bonds is 5. The fourth-order valence-corrected chi connectivity index (χ4v) is 3.21. The van der Waals surface area contributed by atoms with Gasteiger partial charge in [-0.2, -0.15) is 15.3 Å². The summed E-state index contributed by atoms with van der Waals surface area (Å²) in [5, 5.41) is 13.7. The van der Waals surface area contributed by atoms with Gasteiger partial charge in [-0.25, -0.2) is 15.1 Å². The van der Waals surface area contributed by atoms with E-state index in [-0.39, 0.29) is 5.91 Å². The summed E-state index contributed by atoms with van der Waals surface area (Å²) in [6.07, 6.45) is 3.55. The second kappa shape index (κ2) is 7.67. The van der Waals surface area contributed by atoms with Gasteiger partial charge in [0.05, 0.1) is 34.6 Å². The number of fused-ring (bicyclic) bond motifs is 1. The molecule has 0 aliphatic heterocycles. The van der Waals surface area contributed by atoms with Crippen molar-refractivity contribution in [1.82, 2.24) is 30.0 Å². The number of nitrogens with one attached hydrogen (secondary N) is 1. The van der Waals surface area contributed by atoms with Crippen LogP contribution in [0.4, 0.5) is 0 Å². The Morgan fingerprint density at radius 1 is 1.17 bits per heavy atom. The minimum absolute atomic E-state index is 0.295. The molecule has 0 saturated heterocycles. The number of benzene rings is 1. The molecule has 4 rings (SSSR count). The predicted octanol–water partition coefficient (Wildman–Crippen LogP) is 3.04. The fraction of sp³-hybridized carbons (Fsp3) is 0.190. The maximum atomic E-state index is 12.9. The van der Waals surface area contributed by atoms with Gasteiger partial charge in [-0.05, 0) is 45.0 Å². The third-order valence-corrected chi connectivity index (χ3v) is 4.48. The summed E-state index contributed by atoms with van der Waals surface area (Å²) >= 11 is 0. The molecular formula is C21H21N7O. The Balaban J connectivity index is 1.68.